The van der Waals surface area contributed by atoms with Crippen LogP contribution in [-0.4, -0.2) is 29.4 Å². The number of aryl methyl sites for hydroxylation is 1. The van der Waals surface area contributed by atoms with Crippen molar-refractivity contribution in [2.45, 2.75) is 39.2 Å². The molecule has 104 valence electrons. The van der Waals surface area contributed by atoms with Gasteiger partial charge in [-0.2, -0.15) is 0 Å². The van der Waals surface area contributed by atoms with Crippen LogP contribution in [0, 0.1) is 6.92 Å². The van der Waals surface area contributed by atoms with Gasteiger partial charge in [0.15, 0.2) is 0 Å². The third-order valence-corrected chi connectivity index (χ3v) is 2.97. The number of nitrogens with zero attached hydrogens (tertiary/aromatic N) is 1. The molecule has 0 aliphatic carbocycles. The molecule has 19 heavy (non-hydrogen) atoms. The number of amides is 2. The lowest BCUT2D eigenvalue weighted by molar-refractivity contribution is -0.121. The van der Waals surface area contributed by atoms with Crippen molar-refractivity contribution in [3.63, 3.8) is 0 Å². The number of pyridine rings is 1. The molecule has 0 aromatic carbocycles. The molecule has 0 bridgehead atoms. The summed E-state index contributed by atoms with van der Waals surface area (Å²) < 4.78 is 0. The molecular formula is C14H21N3O2. The molecule has 0 radical (unpaired) electrons. The van der Waals surface area contributed by atoms with E-state index in [0.717, 1.165) is 5.56 Å². The number of carbonyl (C=O) groups is 2. The van der Waals surface area contributed by atoms with Gasteiger partial charge in [0, 0.05) is 37.0 Å². The summed E-state index contributed by atoms with van der Waals surface area (Å²) in [7, 11) is 1.61. The Bertz CT molecular complexity index is 470. The highest BCUT2D eigenvalue weighted by Gasteiger charge is 2.22. The second kappa shape index (κ2) is 6.31. The molecule has 2 N–H and O–H groups in total. The Balaban J connectivity index is 2.65. The Labute approximate surface area is 113 Å². The highest BCUT2D eigenvalue weighted by atomic mass is 16.2. The monoisotopic (exact) mass is 263 g/mol. The van der Waals surface area contributed by atoms with Crippen molar-refractivity contribution in [3.05, 3.63) is 29.6 Å². The summed E-state index contributed by atoms with van der Waals surface area (Å²) in [4.78, 5) is 27.4. The molecular weight excluding hydrogens is 242 g/mol. The maximum Gasteiger partial charge on any atom is 0.252 e. The first-order valence-electron chi connectivity index (χ1n) is 6.29. The van der Waals surface area contributed by atoms with Crippen molar-refractivity contribution in [1.29, 1.82) is 0 Å². The van der Waals surface area contributed by atoms with E-state index in [2.05, 4.69) is 15.6 Å². The lowest BCUT2D eigenvalue weighted by Gasteiger charge is -2.26. The van der Waals surface area contributed by atoms with Crippen LogP contribution in [-0.2, 0) is 4.79 Å². The van der Waals surface area contributed by atoms with Gasteiger partial charge in [-0.1, -0.05) is 0 Å². The molecule has 2 amide bonds. The minimum atomic E-state index is -0.431. The fourth-order valence-electron chi connectivity index (χ4n) is 1.72. The van der Waals surface area contributed by atoms with Gasteiger partial charge in [0.05, 0.1) is 0 Å². The summed E-state index contributed by atoms with van der Waals surface area (Å²) in [6.45, 7) is 5.66. The molecule has 0 unspecified atom stereocenters. The summed E-state index contributed by atoms with van der Waals surface area (Å²) in [5.74, 6) is -0.163. The predicted molar refractivity (Wildman–Crippen MR) is 73.8 cm³/mol. The zero-order chi connectivity index (χ0) is 14.5. The molecule has 0 aliphatic rings. The van der Waals surface area contributed by atoms with E-state index in [-0.39, 0.29) is 11.8 Å². The van der Waals surface area contributed by atoms with E-state index in [9.17, 15) is 9.59 Å². The van der Waals surface area contributed by atoms with E-state index >= 15 is 0 Å². The van der Waals surface area contributed by atoms with Gasteiger partial charge < -0.3 is 10.6 Å². The minimum Gasteiger partial charge on any atom is -0.359 e. The van der Waals surface area contributed by atoms with E-state index in [1.807, 2.05) is 20.8 Å². The molecule has 0 atom stereocenters. The fraction of sp³-hybridized carbons (Fsp3) is 0.500. The maximum absolute atomic E-state index is 12.2. The van der Waals surface area contributed by atoms with Crippen molar-refractivity contribution in [2.75, 3.05) is 7.05 Å². The zero-order valence-electron chi connectivity index (χ0n) is 11.9. The van der Waals surface area contributed by atoms with Crippen LogP contribution < -0.4 is 10.6 Å². The number of hydrogen-bond acceptors (Lipinski definition) is 3. The normalized spacial score (nSPS) is 10.9. The van der Waals surface area contributed by atoms with Crippen LogP contribution in [0.5, 0.6) is 0 Å². The van der Waals surface area contributed by atoms with Crippen LogP contribution in [0.25, 0.3) is 0 Å². The predicted octanol–water partition coefficient (Wildman–Crippen LogP) is 1.42. The maximum atomic E-state index is 12.2. The van der Waals surface area contributed by atoms with Crippen LogP contribution in [0.15, 0.2) is 18.5 Å². The van der Waals surface area contributed by atoms with E-state index in [4.69, 9.17) is 0 Å². The molecule has 1 aromatic heterocycles. The molecule has 1 rings (SSSR count). The third kappa shape index (κ3) is 4.69. The van der Waals surface area contributed by atoms with Gasteiger partial charge in [0.2, 0.25) is 5.91 Å². The molecule has 5 heteroatoms. The van der Waals surface area contributed by atoms with E-state index in [1.165, 1.54) is 0 Å². The van der Waals surface area contributed by atoms with Crippen molar-refractivity contribution in [3.8, 4) is 0 Å². The molecule has 0 saturated carbocycles. The first-order valence-corrected chi connectivity index (χ1v) is 6.29. The number of hydrogen-bond donors (Lipinski definition) is 2. The molecule has 1 heterocycles. The lowest BCUT2D eigenvalue weighted by atomic mass is 9.97. The quantitative estimate of drug-likeness (QED) is 0.844. The minimum absolute atomic E-state index is 0.0255. The molecule has 0 saturated heterocycles. The van der Waals surface area contributed by atoms with Gasteiger partial charge in [-0.25, -0.2) is 0 Å². The van der Waals surface area contributed by atoms with Gasteiger partial charge in [-0.3, -0.25) is 14.6 Å². The summed E-state index contributed by atoms with van der Waals surface area (Å²) in [6, 6.07) is 1.69. The van der Waals surface area contributed by atoms with Crippen molar-refractivity contribution < 1.29 is 9.59 Å². The average molecular weight is 263 g/mol. The summed E-state index contributed by atoms with van der Waals surface area (Å²) in [6.07, 6.45) is 4.23. The van der Waals surface area contributed by atoms with Crippen LogP contribution in [0.1, 0.15) is 42.6 Å². The number of aromatic nitrogens is 1. The van der Waals surface area contributed by atoms with E-state index < -0.39 is 5.54 Å². The van der Waals surface area contributed by atoms with E-state index in [1.54, 1.807) is 25.5 Å². The summed E-state index contributed by atoms with van der Waals surface area (Å²) in [5.41, 5.74) is 1.02. The average Bonchev–Trinajstić information content (AvgIpc) is 2.36. The smallest absolute Gasteiger partial charge is 0.252 e. The molecule has 0 fully saturated rings. The Kier molecular flexibility index (Phi) is 5.03. The van der Waals surface area contributed by atoms with Crippen molar-refractivity contribution in [2.24, 2.45) is 0 Å². The van der Waals surface area contributed by atoms with Crippen LogP contribution in [0.3, 0.4) is 0 Å². The first-order chi connectivity index (χ1) is 8.85. The SMILES string of the molecule is CNC(=O)CCC(C)(C)NC(=O)c1ccncc1C. The second-order valence-electron chi connectivity index (χ2n) is 5.20. The molecule has 5 nitrogen and oxygen atoms in total. The number of nitrogens with one attached hydrogen (secondary N) is 2. The standard InChI is InChI=1S/C14H21N3O2/c1-10-9-16-8-6-11(10)13(19)17-14(2,3)7-5-12(18)15-4/h6,8-9H,5,7H2,1-4H3,(H,15,18)(H,17,19). The molecule has 1 aromatic rings. The van der Waals surface area contributed by atoms with E-state index in [0.29, 0.717) is 18.4 Å². The Morgan fingerprint density at radius 1 is 1.37 bits per heavy atom. The highest BCUT2D eigenvalue weighted by molar-refractivity contribution is 5.95. The van der Waals surface area contributed by atoms with Crippen LogP contribution >= 0.6 is 0 Å². The molecule has 0 aliphatic heterocycles. The second-order valence-corrected chi connectivity index (χ2v) is 5.20. The van der Waals surface area contributed by atoms with Gasteiger partial charge >= 0.3 is 0 Å². The highest BCUT2D eigenvalue weighted by Crippen LogP contribution is 2.13. The van der Waals surface area contributed by atoms with Crippen LogP contribution in [0.4, 0.5) is 0 Å². The van der Waals surface area contributed by atoms with Gasteiger partial charge in [-0.15, -0.1) is 0 Å². The zero-order valence-corrected chi connectivity index (χ0v) is 11.9. The van der Waals surface area contributed by atoms with Gasteiger partial charge in [-0.05, 0) is 38.8 Å². The third-order valence-electron chi connectivity index (χ3n) is 2.97. The Morgan fingerprint density at radius 2 is 2.05 bits per heavy atom. The Hall–Kier alpha value is -1.91. The van der Waals surface area contributed by atoms with Gasteiger partial charge in [0.1, 0.15) is 0 Å². The fourth-order valence-corrected chi connectivity index (χ4v) is 1.72. The summed E-state index contributed by atoms with van der Waals surface area (Å²) in [5, 5.41) is 5.52. The van der Waals surface area contributed by atoms with Gasteiger partial charge in [0.25, 0.3) is 5.91 Å². The topological polar surface area (TPSA) is 71.1 Å². The number of rotatable bonds is 5. The molecule has 0 spiro atoms. The van der Waals surface area contributed by atoms with Crippen LogP contribution in [0.2, 0.25) is 0 Å². The lowest BCUT2D eigenvalue weighted by Crippen LogP contribution is -2.44. The van der Waals surface area contributed by atoms with Crippen molar-refractivity contribution in [1.82, 2.24) is 15.6 Å². The first kappa shape index (κ1) is 15.1. The Morgan fingerprint density at radius 3 is 2.63 bits per heavy atom. The van der Waals surface area contributed by atoms with Crippen molar-refractivity contribution >= 4 is 11.8 Å². The summed E-state index contributed by atoms with van der Waals surface area (Å²) >= 11 is 0. The largest absolute Gasteiger partial charge is 0.359 e. The number of carbonyl (C=O) groups excluding carboxylic acids is 2.